The Morgan fingerprint density at radius 3 is 2.40 bits per heavy atom. The quantitative estimate of drug-likeness (QED) is 0.796. The van der Waals surface area contributed by atoms with Crippen molar-refractivity contribution in [3.63, 3.8) is 0 Å². The molecule has 0 amide bonds. The molecule has 0 aliphatic carbocycles. The predicted octanol–water partition coefficient (Wildman–Crippen LogP) is 4.04. The average Bonchev–Trinajstić information content (AvgIpc) is 2.38. The van der Waals surface area contributed by atoms with Crippen LogP contribution in [0.2, 0.25) is 0 Å². The topological polar surface area (TPSA) is 21.3 Å². The molecule has 0 saturated carbocycles. The zero-order chi connectivity index (χ0) is 15.0. The van der Waals surface area contributed by atoms with E-state index in [1.54, 1.807) is 19.1 Å². The van der Waals surface area contributed by atoms with Crippen molar-refractivity contribution in [1.82, 2.24) is 5.32 Å². The van der Waals surface area contributed by atoms with Crippen molar-refractivity contribution in [3.05, 3.63) is 29.8 Å². The molecule has 0 heterocycles. The van der Waals surface area contributed by atoms with Gasteiger partial charge < -0.3 is 10.1 Å². The van der Waals surface area contributed by atoms with E-state index in [4.69, 9.17) is 0 Å². The molecule has 0 spiro atoms. The maximum Gasteiger partial charge on any atom is 0.573 e. The monoisotopic (exact) mass is 285 g/mol. The molecule has 5 heteroatoms. The molecule has 110 valence electrons. The zero-order valence-electron chi connectivity index (χ0n) is 11.6. The van der Waals surface area contributed by atoms with Crippen molar-refractivity contribution in [3.8, 4) is 17.6 Å². The van der Waals surface area contributed by atoms with E-state index < -0.39 is 6.36 Å². The molecule has 1 atom stereocenters. The maximum absolute atomic E-state index is 12.1. The molecule has 0 aromatic heterocycles. The summed E-state index contributed by atoms with van der Waals surface area (Å²) in [5.74, 6) is 5.60. The third kappa shape index (κ3) is 5.98. The molecule has 1 rings (SSSR count). The molecule has 0 radical (unpaired) electrons. The standard InChI is InChI=1S/C15H18F3NO/c1-3-5-6-14(19-11-4-2)12-7-9-13(10-8-12)20-15(16,17)18/h7-10,14,19H,4,6,11H2,1-2H3. The van der Waals surface area contributed by atoms with Crippen LogP contribution in [0.4, 0.5) is 13.2 Å². The summed E-state index contributed by atoms with van der Waals surface area (Å²) in [6.45, 7) is 4.64. The number of benzene rings is 1. The Bertz CT molecular complexity index is 457. The number of ether oxygens (including phenoxy) is 1. The van der Waals surface area contributed by atoms with Crippen LogP contribution in [0, 0.1) is 11.8 Å². The van der Waals surface area contributed by atoms with E-state index in [0.717, 1.165) is 18.5 Å². The summed E-state index contributed by atoms with van der Waals surface area (Å²) in [6.07, 6.45) is -3.06. The lowest BCUT2D eigenvalue weighted by atomic mass is 10.0. The van der Waals surface area contributed by atoms with Gasteiger partial charge in [-0.1, -0.05) is 19.1 Å². The summed E-state index contributed by atoms with van der Waals surface area (Å²) < 4.78 is 40.1. The summed E-state index contributed by atoms with van der Waals surface area (Å²) in [5, 5.41) is 3.32. The molecular formula is C15H18F3NO. The van der Waals surface area contributed by atoms with Gasteiger partial charge in [0.05, 0.1) is 0 Å². The van der Waals surface area contributed by atoms with E-state index >= 15 is 0 Å². The number of nitrogens with one attached hydrogen (secondary N) is 1. The number of rotatable bonds is 6. The molecule has 0 bridgehead atoms. The van der Waals surface area contributed by atoms with Crippen molar-refractivity contribution in [2.45, 2.75) is 39.1 Å². The van der Waals surface area contributed by atoms with Gasteiger partial charge in [-0.3, -0.25) is 0 Å². The van der Waals surface area contributed by atoms with E-state index in [0.29, 0.717) is 6.42 Å². The lowest BCUT2D eigenvalue weighted by molar-refractivity contribution is -0.274. The summed E-state index contributed by atoms with van der Waals surface area (Å²) in [4.78, 5) is 0. The minimum atomic E-state index is -4.66. The first-order valence-corrected chi connectivity index (χ1v) is 6.45. The fourth-order valence-electron chi connectivity index (χ4n) is 1.73. The van der Waals surface area contributed by atoms with Crippen LogP contribution in [0.5, 0.6) is 5.75 Å². The maximum atomic E-state index is 12.1. The number of alkyl halides is 3. The molecule has 2 nitrogen and oxygen atoms in total. The molecule has 1 unspecified atom stereocenters. The summed E-state index contributed by atoms with van der Waals surface area (Å²) in [5.41, 5.74) is 0.899. The second-order valence-corrected chi connectivity index (χ2v) is 4.25. The Morgan fingerprint density at radius 2 is 1.90 bits per heavy atom. The Hall–Kier alpha value is -1.67. The molecule has 1 aromatic rings. The summed E-state index contributed by atoms with van der Waals surface area (Å²) in [7, 11) is 0. The van der Waals surface area contributed by atoms with Crippen LogP contribution < -0.4 is 10.1 Å². The van der Waals surface area contributed by atoms with Crippen LogP contribution in [-0.4, -0.2) is 12.9 Å². The van der Waals surface area contributed by atoms with Crippen LogP contribution >= 0.6 is 0 Å². The van der Waals surface area contributed by atoms with Crippen LogP contribution in [0.25, 0.3) is 0 Å². The highest BCUT2D eigenvalue weighted by molar-refractivity contribution is 5.30. The second-order valence-electron chi connectivity index (χ2n) is 4.25. The van der Waals surface area contributed by atoms with Crippen molar-refractivity contribution >= 4 is 0 Å². The number of hydrogen-bond donors (Lipinski definition) is 1. The highest BCUT2D eigenvalue weighted by Gasteiger charge is 2.31. The molecule has 20 heavy (non-hydrogen) atoms. The molecule has 0 aliphatic heterocycles. The van der Waals surface area contributed by atoms with Crippen molar-refractivity contribution in [2.24, 2.45) is 0 Å². The third-order valence-electron chi connectivity index (χ3n) is 2.64. The van der Waals surface area contributed by atoms with Gasteiger partial charge in [0.15, 0.2) is 0 Å². The van der Waals surface area contributed by atoms with Gasteiger partial charge in [0, 0.05) is 12.5 Å². The van der Waals surface area contributed by atoms with Gasteiger partial charge >= 0.3 is 6.36 Å². The van der Waals surface area contributed by atoms with Crippen LogP contribution in [0.15, 0.2) is 24.3 Å². The number of halogens is 3. The summed E-state index contributed by atoms with van der Waals surface area (Å²) in [6, 6.07) is 5.92. The van der Waals surface area contributed by atoms with Crippen molar-refractivity contribution < 1.29 is 17.9 Å². The molecule has 0 saturated heterocycles. The largest absolute Gasteiger partial charge is 0.573 e. The van der Waals surface area contributed by atoms with E-state index in [1.165, 1.54) is 12.1 Å². The van der Waals surface area contributed by atoms with E-state index in [-0.39, 0.29) is 11.8 Å². The first kappa shape index (κ1) is 16.4. The highest BCUT2D eigenvalue weighted by Crippen LogP contribution is 2.25. The van der Waals surface area contributed by atoms with Gasteiger partial charge in [0.25, 0.3) is 0 Å². The van der Waals surface area contributed by atoms with E-state index in [2.05, 4.69) is 28.8 Å². The Morgan fingerprint density at radius 1 is 1.25 bits per heavy atom. The Labute approximate surface area is 117 Å². The fraction of sp³-hybridized carbons (Fsp3) is 0.467. The third-order valence-corrected chi connectivity index (χ3v) is 2.64. The molecule has 1 aromatic carbocycles. The summed E-state index contributed by atoms with van der Waals surface area (Å²) >= 11 is 0. The van der Waals surface area contributed by atoms with E-state index in [1.807, 2.05) is 0 Å². The fourth-order valence-corrected chi connectivity index (χ4v) is 1.73. The lowest BCUT2D eigenvalue weighted by Crippen LogP contribution is -2.22. The van der Waals surface area contributed by atoms with Crippen molar-refractivity contribution in [1.29, 1.82) is 0 Å². The number of hydrogen-bond acceptors (Lipinski definition) is 2. The Kier molecular flexibility index (Phi) is 6.40. The lowest BCUT2D eigenvalue weighted by Gasteiger charge is -2.17. The minimum absolute atomic E-state index is 0.0161. The molecule has 0 aliphatic rings. The highest BCUT2D eigenvalue weighted by atomic mass is 19.4. The zero-order valence-corrected chi connectivity index (χ0v) is 11.6. The smallest absolute Gasteiger partial charge is 0.406 e. The van der Waals surface area contributed by atoms with E-state index in [9.17, 15) is 13.2 Å². The van der Waals surface area contributed by atoms with Gasteiger partial charge in [0.1, 0.15) is 5.75 Å². The van der Waals surface area contributed by atoms with Crippen LogP contribution in [0.3, 0.4) is 0 Å². The first-order chi connectivity index (χ1) is 9.46. The van der Waals surface area contributed by atoms with Gasteiger partial charge in [-0.05, 0) is 37.6 Å². The van der Waals surface area contributed by atoms with Crippen LogP contribution in [-0.2, 0) is 0 Å². The minimum Gasteiger partial charge on any atom is -0.406 e. The first-order valence-electron chi connectivity index (χ1n) is 6.45. The molecule has 1 N–H and O–H groups in total. The second kappa shape index (κ2) is 7.81. The van der Waals surface area contributed by atoms with Crippen LogP contribution in [0.1, 0.15) is 38.3 Å². The van der Waals surface area contributed by atoms with Crippen molar-refractivity contribution in [2.75, 3.05) is 6.54 Å². The van der Waals surface area contributed by atoms with Gasteiger partial charge in [-0.15, -0.1) is 25.0 Å². The average molecular weight is 285 g/mol. The van der Waals surface area contributed by atoms with Gasteiger partial charge in [-0.2, -0.15) is 0 Å². The van der Waals surface area contributed by atoms with Gasteiger partial charge in [0.2, 0.25) is 0 Å². The normalized spacial score (nSPS) is 12.4. The predicted molar refractivity (Wildman–Crippen MR) is 72.2 cm³/mol. The molecular weight excluding hydrogens is 267 g/mol. The SMILES string of the molecule is CC#CCC(NCCC)c1ccc(OC(F)(F)F)cc1. The van der Waals surface area contributed by atoms with Gasteiger partial charge in [-0.25, -0.2) is 0 Å². The molecule has 0 fully saturated rings. The Balaban J connectivity index is 2.77.